The monoisotopic (exact) mass is 432 g/mol. The number of allylic oxidation sites excluding steroid dienone is 2. The molecule has 0 saturated carbocycles. The largest absolute Gasteiger partial charge is 0.486 e. The van der Waals surface area contributed by atoms with Gasteiger partial charge in [-0.1, -0.05) is 24.3 Å². The first-order valence-electron chi connectivity index (χ1n) is 10.9. The summed E-state index contributed by atoms with van der Waals surface area (Å²) in [5, 5.41) is 0. The van der Waals surface area contributed by atoms with Crippen LogP contribution in [0.1, 0.15) is 50.3 Å². The van der Waals surface area contributed by atoms with E-state index in [1.165, 1.54) is 5.56 Å². The summed E-state index contributed by atoms with van der Waals surface area (Å²) < 4.78 is 38.0. The van der Waals surface area contributed by atoms with Gasteiger partial charge in [0.05, 0.1) is 5.75 Å². The molecule has 3 aliphatic heterocycles. The van der Waals surface area contributed by atoms with Crippen LogP contribution in [0.2, 0.25) is 0 Å². The highest BCUT2D eigenvalue weighted by Gasteiger charge is 2.36. The molecule has 1 aromatic rings. The first kappa shape index (κ1) is 21.4. The lowest BCUT2D eigenvalue weighted by molar-refractivity contribution is -0.00875. The molecule has 0 aliphatic carbocycles. The molecule has 4 rings (SSSR count). The Labute approximate surface area is 180 Å². The van der Waals surface area contributed by atoms with Gasteiger partial charge in [-0.2, -0.15) is 4.31 Å². The zero-order chi connectivity index (χ0) is 21.1. The first-order chi connectivity index (χ1) is 14.5. The molecule has 3 saturated heterocycles. The number of likely N-dealkylation sites (tertiary alicyclic amines) is 1. The summed E-state index contributed by atoms with van der Waals surface area (Å²) in [5.41, 5.74) is 2.38. The summed E-state index contributed by atoms with van der Waals surface area (Å²) >= 11 is 0. The summed E-state index contributed by atoms with van der Waals surface area (Å²) in [4.78, 5) is 2.42. The molecule has 0 amide bonds. The number of sulfonamides is 1. The lowest BCUT2D eigenvalue weighted by Gasteiger charge is -2.35. The van der Waals surface area contributed by atoms with Crippen LogP contribution in [0.4, 0.5) is 0 Å². The van der Waals surface area contributed by atoms with Gasteiger partial charge in [-0.25, -0.2) is 8.42 Å². The Morgan fingerprint density at radius 1 is 1.03 bits per heavy atom. The van der Waals surface area contributed by atoms with Crippen molar-refractivity contribution < 1.29 is 17.9 Å². The van der Waals surface area contributed by atoms with Gasteiger partial charge in [0.15, 0.2) is 17.6 Å². The zero-order valence-corrected chi connectivity index (χ0v) is 18.7. The SMILES string of the molecule is CC=C1OCC(c2ccc(CN3CCC(N4CCCS4(=O)=O)CC3)cc2)OC1=CC. The van der Waals surface area contributed by atoms with Crippen molar-refractivity contribution >= 4 is 10.0 Å². The van der Waals surface area contributed by atoms with E-state index >= 15 is 0 Å². The molecular formula is C23H32N2O4S. The second kappa shape index (κ2) is 9.12. The van der Waals surface area contributed by atoms with Gasteiger partial charge in [-0.05, 0) is 56.4 Å². The Balaban J connectivity index is 1.31. The van der Waals surface area contributed by atoms with Gasteiger partial charge < -0.3 is 9.47 Å². The minimum atomic E-state index is -3.00. The fourth-order valence-electron chi connectivity index (χ4n) is 4.61. The van der Waals surface area contributed by atoms with Crippen LogP contribution < -0.4 is 0 Å². The van der Waals surface area contributed by atoms with E-state index in [2.05, 4.69) is 29.2 Å². The lowest BCUT2D eigenvalue weighted by Crippen LogP contribution is -2.45. The quantitative estimate of drug-likeness (QED) is 0.728. The van der Waals surface area contributed by atoms with Crippen molar-refractivity contribution in [3.63, 3.8) is 0 Å². The van der Waals surface area contributed by atoms with Crippen molar-refractivity contribution in [3.8, 4) is 0 Å². The van der Waals surface area contributed by atoms with Crippen molar-refractivity contribution in [2.75, 3.05) is 32.0 Å². The van der Waals surface area contributed by atoms with Gasteiger partial charge in [0, 0.05) is 32.2 Å². The van der Waals surface area contributed by atoms with E-state index in [9.17, 15) is 8.42 Å². The zero-order valence-electron chi connectivity index (χ0n) is 17.9. The first-order valence-corrected chi connectivity index (χ1v) is 12.5. The standard InChI is InChI=1S/C23H32N2O4S/c1-3-21-22(4-2)29-23(17-28-21)19-8-6-18(7-9-19)16-24-13-10-20(11-14-24)25-12-5-15-30(25,26)27/h3-4,6-9,20,23H,5,10-17H2,1-2H3. The van der Waals surface area contributed by atoms with E-state index in [4.69, 9.17) is 9.47 Å². The van der Waals surface area contributed by atoms with Crippen LogP contribution in [0.5, 0.6) is 0 Å². The summed E-state index contributed by atoms with van der Waals surface area (Å²) in [6.07, 6.45) is 6.39. The van der Waals surface area contributed by atoms with Gasteiger partial charge in [-0.15, -0.1) is 0 Å². The van der Waals surface area contributed by atoms with Crippen LogP contribution in [0.3, 0.4) is 0 Å². The molecule has 6 nitrogen and oxygen atoms in total. The van der Waals surface area contributed by atoms with E-state index in [0.717, 1.165) is 56.0 Å². The van der Waals surface area contributed by atoms with Crippen LogP contribution in [-0.4, -0.2) is 55.7 Å². The smallest absolute Gasteiger partial charge is 0.214 e. The molecule has 3 aliphatic rings. The Hall–Kier alpha value is -1.83. The molecule has 0 aromatic heterocycles. The van der Waals surface area contributed by atoms with Crippen LogP contribution >= 0.6 is 0 Å². The van der Waals surface area contributed by atoms with Crippen molar-refractivity contribution in [1.29, 1.82) is 0 Å². The predicted octanol–water partition coefficient (Wildman–Crippen LogP) is 3.58. The molecule has 1 unspecified atom stereocenters. The number of hydrogen-bond acceptors (Lipinski definition) is 5. The van der Waals surface area contributed by atoms with E-state index in [-0.39, 0.29) is 12.1 Å². The van der Waals surface area contributed by atoms with Crippen molar-refractivity contribution in [2.24, 2.45) is 0 Å². The molecular weight excluding hydrogens is 400 g/mol. The summed E-state index contributed by atoms with van der Waals surface area (Å²) in [6, 6.07) is 8.76. The van der Waals surface area contributed by atoms with Gasteiger partial charge in [0.2, 0.25) is 10.0 Å². The molecule has 0 bridgehead atoms. The number of ether oxygens (including phenoxy) is 2. The molecule has 1 atom stereocenters. The number of rotatable bonds is 4. The third kappa shape index (κ3) is 4.58. The average molecular weight is 433 g/mol. The van der Waals surface area contributed by atoms with Crippen molar-refractivity contribution in [3.05, 3.63) is 59.1 Å². The van der Waals surface area contributed by atoms with Crippen molar-refractivity contribution in [1.82, 2.24) is 9.21 Å². The Morgan fingerprint density at radius 3 is 2.33 bits per heavy atom. The molecule has 0 spiro atoms. The molecule has 1 aromatic carbocycles. The topological polar surface area (TPSA) is 59.1 Å². The third-order valence-electron chi connectivity index (χ3n) is 6.29. The fraction of sp³-hybridized carbons (Fsp3) is 0.565. The minimum Gasteiger partial charge on any atom is -0.486 e. The van der Waals surface area contributed by atoms with Gasteiger partial charge in [0.25, 0.3) is 0 Å². The normalized spacial score (nSPS) is 28.5. The maximum atomic E-state index is 12.2. The van der Waals surface area contributed by atoms with Gasteiger partial charge in [-0.3, -0.25) is 4.90 Å². The fourth-order valence-corrected chi connectivity index (χ4v) is 6.41. The van der Waals surface area contributed by atoms with Gasteiger partial charge >= 0.3 is 0 Å². The number of piperidine rings is 1. The third-order valence-corrected chi connectivity index (χ3v) is 8.29. The highest BCUT2D eigenvalue weighted by Crippen LogP contribution is 2.31. The number of benzene rings is 1. The van der Waals surface area contributed by atoms with E-state index in [0.29, 0.717) is 18.9 Å². The van der Waals surface area contributed by atoms with Crippen LogP contribution in [-0.2, 0) is 26.0 Å². The summed E-state index contributed by atoms with van der Waals surface area (Å²) in [6.45, 7) is 7.89. The molecule has 3 heterocycles. The van der Waals surface area contributed by atoms with Crippen molar-refractivity contribution in [2.45, 2.75) is 51.8 Å². The van der Waals surface area contributed by atoms with E-state index in [1.54, 1.807) is 4.31 Å². The Morgan fingerprint density at radius 2 is 1.73 bits per heavy atom. The highest BCUT2D eigenvalue weighted by molar-refractivity contribution is 7.89. The molecule has 0 N–H and O–H groups in total. The van der Waals surface area contributed by atoms with Crippen LogP contribution in [0.25, 0.3) is 0 Å². The second-order valence-electron chi connectivity index (χ2n) is 8.25. The Kier molecular flexibility index (Phi) is 6.51. The van der Waals surface area contributed by atoms with Crippen LogP contribution in [0, 0.1) is 0 Å². The number of hydrogen-bond donors (Lipinski definition) is 0. The lowest BCUT2D eigenvalue weighted by atomic mass is 10.0. The maximum absolute atomic E-state index is 12.2. The van der Waals surface area contributed by atoms with Gasteiger partial charge in [0.1, 0.15) is 6.61 Å². The summed E-state index contributed by atoms with van der Waals surface area (Å²) in [7, 11) is -3.00. The molecule has 30 heavy (non-hydrogen) atoms. The molecule has 3 fully saturated rings. The second-order valence-corrected chi connectivity index (χ2v) is 10.3. The predicted molar refractivity (Wildman–Crippen MR) is 117 cm³/mol. The minimum absolute atomic E-state index is 0.0906. The van der Waals surface area contributed by atoms with E-state index < -0.39 is 10.0 Å². The highest BCUT2D eigenvalue weighted by atomic mass is 32.2. The molecule has 0 radical (unpaired) electrons. The Bertz CT molecular complexity index is 900. The summed E-state index contributed by atoms with van der Waals surface area (Å²) in [5.74, 6) is 1.91. The van der Waals surface area contributed by atoms with E-state index in [1.807, 2.05) is 26.0 Å². The average Bonchev–Trinajstić information content (AvgIpc) is 3.13. The molecule has 7 heteroatoms. The maximum Gasteiger partial charge on any atom is 0.214 e. The van der Waals surface area contributed by atoms with Crippen LogP contribution in [0.15, 0.2) is 47.9 Å². The molecule has 164 valence electrons. The number of nitrogens with zero attached hydrogens (tertiary/aromatic N) is 2.